The van der Waals surface area contributed by atoms with Gasteiger partial charge < -0.3 is 4.57 Å². The van der Waals surface area contributed by atoms with E-state index in [-0.39, 0.29) is 5.82 Å². The largest absolute Gasteiger partial charge is 0.317 e. The number of aryl methyl sites for hydroxylation is 1. The van der Waals surface area contributed by atoms with E-state index in [4.69, 9.17) is 0 Å². The summed E-state index contributed by atoms with van der Waals surface area (Å²) in [5.41, 5.74) is 2.26. The van der Waals surface area contributed by atoms with E-state index in [9.17, 15) is 4.39 Å². The van der Waals surface area contributed by atoms with Gasteiger partial charge in [0.2, 0.25) is 0 Å². The fraction of sp³-hybridized carbons (Fsp3) is 0.0667. The summed E-state index contributed by atoms with van der Waals surface area (Å²) in [5, 5.41) is 7.97. The molecule has 4 heteroatoms. The maximum absolute atomic E-state index is 14.0. The zero-order chi connectivity index (χ0) is 13.2. The molecule has 1 heterocycles. The maximum Gasteiger partial charge on any atom is 0.164 e. The number of nitrogens with zero attached hydrogens (tertiary/aromatic N) is 3. The summed E-state index contributed by atoms with van der Waals surface area (Å²) < 4.78 is 15.8. The molecule has 19 heavy (non-hydrogen) atoms. The van der Waals surface area contributed by atoms with Gasteiger partial charge in [-0.1, -0.05) is 42.5 Å². The van der Waals surface area contributed by atoms with Crippen LogP contribution in [-0.2, 0) is 7.05 Å². The maximum atomic E-state index is 14.0. The number of benzene rings is 2. The number of halogens is 1. The van der Waals surface area contributed by atoms with E-state index in [1.54, 1.807) is 18.5 Å². The van der Waals surface area contributed by atoms with Gasteiger partial charge in [-0.25, -0.2) is 4.39 Å². The Hall–Kier alpha value is -2.49. The lowest BCUT2D eigenvalue weighted by atomic mass is 9.99. The van der Waals surface area contributed by atoms with Gasteiger partial charge in [0.1, 0.15) is 12.1 Å². The van der Waals surface area contributed by atoms with Crippen LogP contribution in [-0.4, -0.2) is 14.8 Å². The van der Waals surface area contributed by atoms with Gasteiger partial charge in [-0.15, -0.1) is 10.2 Å². The second-order valence-electron chi connectivity index (χ2n) is 4.29. The van der Waals surface area contributed by atoms with Crippen molar-refractivity contribution in [2.24, 2.45) is 7.05 Å². The van der Waals surface area contributed by atoms with E-state index in [2.05, 4.69) is 10.2 Å². The molecule has 0 saturated carbocycles. The van der Waals surface area contributed by atoms with E-state index in [0.29, 0.717) is 5.56 Å². The minimum Gasteiger partial charge on any atom is -0.317 e. The molecule has 0 aliphatic carbocycles. The lowest BCUT2D eigenvalue weighted by molar-refractivity contribution is 0.631. The van der Waals surface area contributed by atoms with E-state index < -0.39 is 0 Å². The molecule has 0 spiro atoms. The molecule has 3 aromatic rings. The van der Waals surface area contributed by atoms with Crippen LogP contribution in [0.3, 0.4) is 0 Å². The molecule has 0 aliphatic rings. The van der Waals surface area contributed by atoms with Crippen LogP contribution in [0.1, 0.15) is 0 Å². The molecule has 2 aromatic carbocycles. The average Bonchev–Trinajstić information content (AvgIpc) is 2.86. The third-order valence-electron chi connectivity index (χ3n) is 3.04. The number of hydrogen-bond donors (Lipinski definition) is 0. The summed E-state index contributed by atoms with van der Waals surface area (Å²) >= 11 is 0. The normalized spacial score (nSPS) is 10.6. The monoisotopic (exact) mass is 253 g/mol. The highest BCUT2D eigenvalue weighted by Gasteiger charge is 2.13. The molecule has 0 amide bonds. The first-order chi connectivity index (χ1) is 9.27. The molecule has 3 rings (SSSR count). The molecular weight excluding hydrogens is 241 g/mol. The average molecular weight is 253 g/mol. The fourth-order valence-corrected chi connectivity index (χ4v) is 2.12. The Morgan fingerprint density at radius 3 is 2.16 bits per heavy atom. The lowest BCUT2D eigenvalue weighted by Crippen LogP contribution is -1.94. The molecule has 0 aliphatic heterocycles. The van der Waals surface area contributed by atoms with Gasteiger partial charge in [0.25, 0.3) is 0 Å². The minimum absolute atomic E-state index is 0.239. The van der Waals surface area contributed by atoms with Crippen molar-refractivity contribution < 1.29 is 4.39 Å². The van der Waals surface area contributed by atoms with Gasteiger partial charge in [-0.2, -0.15) is 0 Å². The highest BCUT2D eigenvalue weighted by molar-refractivity contribution is 5.80. The van der Waals surface area contributed by atoms with Crippen LogP contribution in [0.15, 0.2) is 54.9 Å². The first-order valence-corrected chi connectivity index (χ1v) is 5.95. The van der Waals surface area contributed by atoms with Crippen molar-refractivity contribution in [1.82, 2.24) is 14.8 Å². The smallest absolute Gasteiger partial charge is 0.164 e. The fourth-order valence-electron chi connectivity index (χ4n) is 2.12. The molecule has 0 bridgehead atoms. The van der Waals surface area contributed by atoms with Crippen molar-refractivity contribution >= 4 is 0 Å². The Morgan fingerprint density at radius 2 is 1.53 bits per heavy atom. The Kier molecular flexibility index (Phi) is 2.83. The van der Waals surface area contributed by atoms with Crippen LogP contribution in [0.25, 0.3) is 22.5 Å². The van der Waals surface area contributed by atoms with Crippen molar-refractivity contribution in [2.75, 3.05) is 0 Å². The van der Waals surface area contributed by atoms with Crippen molar-refractivity contribution in [1.29, 1.82) is 0 Å². The van der Waals surface area contributed by atoms with Gasteiger partial charge in [-0.05, 0) is 11.6 Å². The van der Waals surface area contributed by atoms with Crippen molar-refractivity contribution in [3.63, 3.8) is 0 Å². The molecule has 0 unspecified atom stereocenters. The number of rotatable bonds is 2. The Bertz CT molecular complexity index is 719. The van der Waals surface area contributed by atoms with Gasteiger partial charge in [0, 0.05) is 18.2 Å². The summed E-state index contributed by atoms with van der Waals surface area (Å²) in [7, 11) is 1.87. The Balaban J connectivity index is 2.24. The third-order valence-corrected chi connectivity index (χ3v) is 3.04. The predicted octanol–water partition coefficient (Wildman–Crippen LogP) is 3.29. The van der Waals surface area contributed by atoms with Gasteiger partial charge in [0.15, 0.2) is 5.82 Å². The Morgan fingerprint density at radius 1 is 0.895 bits per heavy atom. The molecule has 0 radical (unpaired) electrons. The highest BCUT2D eigenvalue weighted by Crippen LogP contribution is 2.31. The highest BCUT2D eigenvalue weighted by atomic mass is 19.1. The predicted molar refractivity (Wildman–Crippen MR) is 71.8 cm³/mol. The Labute approximate surface area is 110 Å². The van der Waals surface area contributed by atoms with Crippen molar-refractivity contribution in [3.05, 3.63) is 60.7 Å². The summed E-state index contributed by atoms with van der Waals surface area (Å²) in [5.74, 6) is 0.482. The van der Waals surface area contributed by atoms with Crippen molar-refractivity contribution in [2.45, 2.75) is 0 Å². The van der Waals surface area contributed by atoms with Crippen LogP contribution in [0.4, 0.5) is 4.39 Å². The van der Waals surface area contributed by atoms with E-state index in [0.717, 1.165) is 17.0 Å². The van der Waals surface area contributed by atoms with Crippen molar-refractivity contribution in [3.8, 4) is 22.5 Å². The second-order valence-corrected chi connectivity index (χ2v) is 4.29. The summed E-state index contributed by atoms with van der Waals surface area (Å²) in [4.78, 5) is 0. The third kappa shape index (κ3) is 2.01. The van der Waals surface area contributed by atoms with E-state index in [1.165, 1.54) is 6.07 Å². The molecule has 0 fully saturated rings. The zero-order valence-corrected chi connectivity index (χ0v) is 10.4. The molecule has 0 N–H and O–H groups in total. The van der Waals surface area contributed by atoms with Crippen LogP contribution in [0, 0.1) is 5.82 Å². The molecule has 0 atom stereocenters. The topological polar surface area (TPSA) is 30.7 Å². The molecular formula is C15H12FN3. The second kappa shape index (κ2) is 4.65. The van der Waals surface area contributed by atoms with Crippen LogP contribution >= 0.6 is 0 Å². The molecule has 3 nitrogen and oxygen atoms in total. The van der Waals surface area contributed by atoms with Gasteiger partial charge >= 0.3 is 0 Å². The zero-order valence-electron chi connectivity index (χ0n) is 10.4. The summed E-state index contributed by atoms with van der Waals surface area (Å²) in [6, 6.07) is 14.4. The van der Waals surface area contributed by atoms with E-state index >= 15 is 0 Å². The molecule has 1 aromatic heterocycles. The molecule has 0 saturated heterocycles. The van der Waals surface area contributed by atoms with Gasteiger partial charge in [-0.3, -0.25) is 0 Å². The number of aromatic nitrogens is 3. The lowest BCUT2D eigenvalue weighted by Gasteiger charge is -2.09. The SMILES string of the molecule is Cn1cnnc1-c1ccccc1-c1ccccc1F. The minimum atomic E-state index is -0.239. The van der Waals surface area contributed by atoms with Crippen LogP contribution in [0.5, 0.6) is 0 Å². The van der Waals surface area contributed by atoms with Gasteiger partial charge in [0.05, 0.1) is 0 Å². The first-order valence-electron chi connectivity index (χ1n) is 5.95. The van der Waals surface area contributed by atoms with E-state index in [1.807, 2.05) is 41.9 Å². The molecule has 94 valence electrons. The summed E-state index contributed by atoms with van der Waals surface area (Å²) in [6.07, 6.45) is 1.63. The first kappa shape index (κ1) is 11.6. The van der Waals surface area contributed by atoms with Crippen LogP contribution in [0.2, 0.25) is 0 Å². The number of hydrogen-bond acceptors (Lipinski definition) is 2. The summed E-state index contributed by atoms with van der Waals surface area (Å²) in [6.45, 7) is 0. The van der Waals surface area contributed by atoms with Crippen LogP contribution < -0.4 is 0 Å². The standard InChI is InChI=1S/C15H12FN3/c1-19-10-17-18-15(19)13-8-3-2-6-11(13)12-7-4-5-9-14(12)16/h2-10H,1H3. The quantitative estimate of drug-likeness (QED) is 0.701.